The third-order valence-electron chi connectivity index (χ3n) is 4.03. The molecule has 4 heteroatoms. The average Bonchev–Trinajstić information content (AvgIpc) is 3.01. The molecular weight excluding hydrogens is 274 g/mol. The maximum Gasteiger partial charge on any atom is 0.245 e. The van der Waals surface area contributed by atoms with E-state index >= 15 is 0 Å². The van der Waals surface area contributed by atoms with E-state index in [1.54, 1.807) is 0 Å². The molecule has 0 saturated carbocycles. The molecule has 2 aliphatic heterocycles. The van der Waals surface area contributed by atoms with Gasteiger partial charge in [0.25, 0.3) is 0 Å². The van der Waals surface area contributed by atoms with E-state index in [1.165, 1.54) is 0 Å². The van der Waals surface area contributed by atoms with E-state index in [0.29, 0.717) is 0 Å². The molecule has 108 valence electrons. The van der Waals surface area contributed by atoms with E-state index < -0.39 is 5.38 Å². The summed E-state index contributed by atoms with van der Waals surface area (Å²) in [5, 5.41) is -0.642. The Kier molecular flexibility index (Phi) is 3.41. The lowest BCUT2D eigenvalue weighted by Gasteiger charge is -2.22. The second kappa shape index (κ2) is 4.96. The lowest BCUT2D eigenvalue weighted by Crippen LogP contribution is -2.31. The molecular formula is C16H20ClNO2. The van der Waals surface area contributed by atoms with Gasteiger partial charge in [0.15, 0.2) is 0 Å². The molecule has 0 N–H and O–H groups in total. The second-order valence-corrected chi connectivity index (χ2v) is 6.71. The van der Waals surface area contributed by atoms with Gasteiger partial charge in [-0.3, -0.25) is 4.79 Å². The van der Waals surface area contributed by atoms with Crippen molar-refractivity contribution >= 4 is 17.5 Å². The summed E-state index contributed by atoms with van der Waals surface area (Å²) in [5.74, 6) is 0.816. The van der Waals surface area contributed by atoms with E-state index in [4.69, 9.17) is 16.3 Å². The highest BCUT2D eigenvalue weighted by Gasteiger charge is 2.35. The Balaban J connectivity index is 1.88. The standard InChI is InChI=1S/C16H20ClNO2/c1-16(2)10-11-6-5-7-12(14(11)20-16)13(17)15(19)18-8-3-4-9-18/h5-7,13H,3-4,8-10H2,1-2H3. The lowest BCUT2D eigenvalue weighted by molar-refractivity contribution is -0.129. The number of ether oxygens (including phenoxy) is 1. The maximum absolute atomic E-state index is 12.4. The molecule has 0 aromatic heterocycles. The van der Waals surface area contributed by atoms with Crippen LogP contribution in [0.5, 0.6) is 5.75 Å². The summed E-state index contributed by atoms with van der Waals surface area (Å²) < 4.78 is 6.00. The molecule has 1 fully saturated rings. The van der Waals surface area contributed by atoms with Crippen molar-refractivity contribution in [1.29, 1.82) is 0 Å². The number of para-hydroxylation sites is 1. The third-order valence-corrected chi connectivity index (χ3v) is 4.45. The Morgan fingerprint density at radius 1 is 1.35 bits per heavy atom. The molecule has 3 nitrogen and oxygen atoms in total. The number of alkyl halides is 1. The fourth-order valence-electron chi connectivity index (χ4n) is 3.07. The highest BCUT2D eigenvalue weighted by molar-refractivity contribution is 6.31. The van der Waals surface area contributed by atoms with Gasteiger partial charge in [-0.25, -0.2) is 0 Å². The van der Waals surface area contributed by atoms with Crippen LogP contribution in [0.4, 0.5) is 0 Å². The molecule has 0 bridgehead atoms. The number of carbonyl (C=O) groups excluding carboxylic acids is 1. The highest BCUT2D eigenvalue weighted by Crippen LogP contribution is 2.42. The lowest BCUT2D eigenvalue weighted by atomic mass is 9.99. The van der Waals surface area contributed by atoms with Crippen molar-refractivity contribution < 1.29 is 9.53 Å². The van der Waals surface area contributed by atoms with Crippen LogP contribution in [0, 0.1) is 0 Å². The zero-order valence-electron chi connectivity index (χ0n) is 12.0. The van der Waals surface area contributed by atoms with Gasteiger partial charge >= 0.3 is 0 Å². The van der Waals surface area contributed by atoms with Crippen molar-refractivity contribution in [3.05, 3.63) is 29.3 Å². The molecule has 1 amide bonds. The van der Waals surface area contributed by atoms with Gasteiger partial charge in [0.05, 0.1) is 0 Å². The van der Waals surface area contributed by atoms with E-state index in [1.807, 2.05) is 17.0 Å². The Labute approximate surface area is 124 Å². The summed E-state index contributed by atoms with van der Waals surface area (Å²) in [6.45, 7) is 5.76. The normalized spacial score (nSPS) is 21.4. The van der Waals surface area contributed by atoms with Crippen LogP contribution in [0.3, 0.4) is 0 Å². The van der Waals surface area contributed by atoms with Gasteiger partial charge in [0.1, 0.15) is 16.7 Å². The number of nitrogens with zero attached hydrogens (tertiary/aromatic N) is 1. The Morgan fingerprint density at radius 3 is 2.75 bits per heavy atom. The SMILES string of the molecule is CC1(C)Cc2cccc(C(Cl)C(=O)N3CCCC3)c2O1. The van der Waals surface area contributed by atoms with Crippen molar-refractivity contribution in [1.82, 2.24) is 4.90 Å². The topological polar surface area (TPSA) is 29.5 Å². The molecule has 0 radical (unpaired) electrons. The zero-order valence-corrected chi connectivity index (χ0v) is 12.7. The molecule has 1 saturated heterocycles. The summed E-state index contributed by atoms with van der Waals surface area (Å²) in [6.07, 6.45) is 3.01. The number of benzene rings is 1. The molecule has 1 unspecified atom stereocenters. The van der Waals surface area contributed by atoms with Crippen LogP contribution in [0.25, 0.3) is 0 Å². The van der Waals surface area contributed by atoms with Crippen LogP contribution in [0.15, 0.2) is 18.2 Å². The molecule has 1 atom stereocenters. The fourth-order valence-corrected chi connectivity index (χ4v) is 3.38. The van der Waals surface area contributed by atoms with E-state index in [9.17, 15) is 4.79 Å². The molecule has 1 aromatic carbocycles. The average molecular weight is 294 g/mol. The first kappa shape index (κ1) is 13.7. The maximum atomic E-state index is 12.4. The summed E-state index contributed by atoms with van der Waals surface area (Å²) in [5.41, 5.74) is 1.74. The summed E-state index contributed by atoms with van der Waals surface area (Å²) in [6, 6.07) is 5.93. The minimum atomic E-state index is -0.642. The van der Waals surface area contributed by atoms with Crippen LogP contribution < -0.4 is 4.74 Å². The Bertz CT molecular complexity index is 535. The van der Waals surface area contributed by atoms with Crippen LogP contribution in [-0.4, -0.2) is 29.5 Å². The van der Waals surface area contributed by atoms with Crippen molar-refractivity contribution in [2.45, 2.75) is 44.1 Å². The number of hydrogen-bond donors (Lipinski definition) is 0. The predicted octanol–water partition coefficient (Wildman–Crippen LogP) is 3.30. The number of amides is 1. The quantitative estimate of drug-likeness (QED) is 0.783. The van der Waals surface area contributed by atoms with Crippen molar-refractivity contribution in [2.75, 3.05) is 13.1 Å². The zero-order chi connectivity index (χ0) is 14.3. The van der Waals surface area contributed by atoms with Crippen LogP contribution in [-0.2, 0) is 11.2 Å². The van der Waals surface area contributed by atoms with Gasteiger partial charge in [-0.05, 0) is 32.3 Å². The van der Waals surface area contributed by atoms with Gasteiger partial charge in [-0.1, -0.05) is 18.2 Å². The highest BCUT2D eigenvalue weighted by atomic mass is 35.5. The van der Waals surface area contributed by atoms with Crippen LogP contribution in [0.2, 0.25) is 0 Å². The van der Waals surface area contributed by atoms with E-state index in [-0.39, 0.29) is 11.5 Å². The fraction of sp³-hybridized carbons (Fsp3) is 0.562. The van der Waals surface area contributed by atoms with Gasteiger partial charge in [0.2, 0.25) is 5.91 Å². The number of likely N-dealkylation sites (tertiary alicyclic amines) is 1. The minimum absolute atomic E-state index is 0.00544. The van der Waals surface area contributed by atoms with E-state index in [0.717, 1.165) is 49.2 Å². The third kappa shape index (κ3) is 2.39. The molecule has 0 spiro atoms. The molecule has 3 rings (SSSR count). The minimum Gasteiger partial charge on any atom is -0.487 e. The molecule has 20 heavy (non-hydrogen) atoms. The van der Waals surface area contributed by atoms with E-state index in [2.05, 4.69) is 19.9 Å². The second-order valence-electron chi connectivity index (χ2n) is 6.27. The summed E-state index contributed by atoms with van der Waals surface area (Å²) in [7, 11) is 0. The van der Waals surface area contributed by atoms with Crippen LogP contribution >= 0.6 is 11.6 Å². The van der Waals surface area contributed by atoms with Crippen molar-refractivity contribution in [3.63, 3.8) is 0 Å². The Morgan fingerprint density at radius 2 is 2.05 bits per heavy atom. The molecule has 2 aliphatic rings. The van der Waals surface area contributed by atoms with Gasteiger partial charge < -0.3 is 9.64 Å². The molecule has 1 aromatic rings. The smallest absolute Gasteiger partial charge is 0.245 e. The number of hydrogen-bond acceptors (Lipinski definition) is 2. The number of rotatable bonds is 2. The van der Waals surface area contributed by atoms with Gasteiger partial charge in [-0.2, -0.15) is 0 Å². The predicted molar refractivity (Wildman–Crippen MR) is 79.3 cm³/mol. The Hall–Kier alpha value is -1.22. The number of carbonyl (C=O) groups is 1. The van der Waals surface area contributed by atoms with Gasteiger partial charge in [0, 0.05) is 25.1 Å². The van der Waals surface area contributed by atoms with Crippen LogP contribution in [0.1, 0.15) is 43.2 Å². The summed E-state index contributed by atoms with van der Waals surface area (Å²) in [4.78, 5) is 14.3. The first-order valence-corrected chi connectivity index (χ1v) is 7.65. The first-order valence-electron chi connectivity index (χ1n) is 7.22. The van der Waals surface area contributed by atoms with Gasteiger partial charge in [-0.15, -0.1) is 11.6 Å². The molecule has 2 heterocycles. The number of fused-ring (bicyclic) bond motifs is 1. The van der Waals surface area contributed by atoms with Crippen molar-refractivity contribution in [2.24, 2.45) is 0 Å². The molecule has 0 aliphatic carbocycles. The monoisotopic (exact) mass is 293 g/mol. The summed E-state index contributed by atoms with van der Waals surface area (Å²) >= 11 is 6.44. The van der Waals surface area contributed by atoms with Crippen molar-refractivity contribution in [3.8, 4) is 5.75 Å². The first-order chi connectivity index (χ1) is 9.48. The largest absolute Gasteiger partial charge is 0.487 e. The number of halogens is 1.